The third kappa shape index (κ3) is 2.34. The standard InChI is InChI=1S/C10H13N3OS/c1-3-10(4-2,7-11)8(14)13-9-12-5-6-15-9/h5-6H,3-4H2,1-2H3,(H,12,13,14). The van der Waals surface area contributed by atoms with E-state index in [9.17, 15) is 4.79 Å². The fourth-order valence-corrected chi connectivity index (χ4v) is 1.81. The highest BCUT2D eigenvalue weighted by molar-refractivity contribution is 7.13. The second-order valence-electron chi connectivity index (χ2n) is 3.19. The summed E-state index contributed by atoms with van der Waals surface area (Å²) in [5.41, 5.74) is -0.925. The molecule has 0 aliphatic heterocycles. The molecule has 1 aromatic heterocycles. The predicted molar refractivity (Wildman–Crippen MR) is 59.4 cm³/mol. The molecule has 0 aliphatic carbocycles. The van der Waals surface area contributed by atoms with Crippen LogP contribution < -0.4 is 5.32 Å². The first kappa shape index (κ1) is 11.7. The van der Waals surface area contributed by atoms with Crippen LogP contribution in [0.4, 0.5) is 5.13 Å². The zero-order valence-electron chi connectivity index (χ0n) is 8.78. The van der Waals surface area contributed by atoms with Crippen molar-refractivity contribution < 1.29 is 4.79 Å². The van der Waals surface area contributed by atoms with Gasteiger partial charge in [-0.15, -0.1) is 11.3 Å². The van der Waals surface area contributed by atoms with Crippen LogP contribution in [0.25, 0.3) is 0 Å². The molecule has 0 spiro atoms. The Labute approximate surface area is 92.9 Å². The molecule has 15 heavy (non-hydrogen) atoms. The molecule has 0 saturated carbocycles. The quantitative estimate of drug-likeness (QED) is 0.852. The van der Waals surface area contributed by atoms with Gasteiger partial charge < -0.3 is 5.32 Å². The number of carbonyl (C=O) groups excluding carboxylic acids is 1. The van der Waals surface area contributed by atoms with Gasteiger partial charge in [0.15, 0.2) is 5.13 Å². The molecule has 1 heterocycles. The third-order valence-electron chi connectivity index (χ3n) is 2.51. The van der Waals surface area contributed by atoms with Gasteiger partial charge in [-0.1, -0.05) is 13.8 Å². The number of nitrogens with one attached hydrogen (secondary N) is 1. The summed E-state index contributed by atoms with van der Waals surface area (Å²) in [5.74, 6) is -0.259. The zero-order chi connectivity index (χ0) is 11.3. The molecule has 0 bridgehead atoms. The van der Waals surface area contributed by atoms with Crippen molar-refractivity contribution in [3.8, 4) is 6.07 Å². The van der Waals surface area contributed by atoms with Crippen LogP contribution in [0.3, 0.4) is 0 Å². The van der Waals surface area contributed by atoms with E-state index in [-0.39, 0.29) is 5.91 Å². The second-order valence-corrected chi connectivity index (χ2v) is 4.09. The van der Waals surface area contributed by atoms with E-state index in [1.807, 2.05) is 13.8 Å². The molecule has 5 heteroatoms. The van der Waals surface area contributed by atoms with Crippen LogP contribution in [-0.4, -0.2) is 10.9 Å². The van der Waals surface area contributed by atoms with Crippen LogP contribution in [0.2, 0.25) is 0 Å². The minimum Gasteiger partial charge on any atom is -0.301 e. The molecule has 1 rings (SSSR count). The van der Waals surface area contributed by atoms with Gasteiger partial charge in [-0.2, -0.15) is 5.26 Å². The van der Waals surface area contributed by atoms with Gasteiger partial charge in [-0.3, -0.25) is 4.79 Å². The van der Waals surface area contributed by atoms with Crippen LogP contribution >= 0.6 is 11.3 Å². The number of hydrogen-bond acceptors (Lipinski definition) is 4. The van der Waals surface area contributed by atoms with Crippen molar-refractivity contribution in [2.45, 2.75) is 26.7 Å². The van der Waals surface area contributed by atoms with Gasteiger partial charge >= 0.3 is 0 Å². The summed E-state index contributed by atoms with van der Waals surface area (Å²) in [5, 5.41) is 14.0. The molecule has 1 N–H and O–H groups in total. The van der Waals surface area contributed by atoms with Crippen molar-refractivity contribution >= 4 is 22.4 Å². The molecule has 0 aromatic carbocycles. The van der Waals surface area contributed by atoms with Crippen molar-refractivity contribution in [3.05, 3.63) is 11.6 Å². The van der Waals surface area contributed by atoms with E-state index in [2.05, 4.69) is 16.4 Å². The van der Waals surface area contributed by atoms with Crippen LogP contribution in [-0.2, 0) is 4.79 Å². The van der Waals surface area contributed by atoms with E-state index < -0.39 is 5.41 Å². The van der Waals surface area contributed by atoms with E-state index in [1.54, 1.807) is 11.6 Å². The lowest BCUT2D eigenvalue weighted by Crippen LogP contribution is -2.33. The Hall–Kier alpha value is -1.41. The normalized spacial score (nSPS) is 10.7. The van der Waals surface area contributed by atoms with Crippen molar-refractivity contribution in [3.63, 3.8) is 0 Å². The van der Waals surface area contributed by atoms with Crippen molar-refractivity contribution in [1.29, 1.82) is 5.26 Å². The van der Waals surface area contributed by atoms with Crippen molar-refractivity contribution in [1.82, 2.24) is 4.98 Å². The van der Waals surface area contributed by atoms with Gasteiger partial charge in [0.1, 0.15) is 5.41 Å². The van der Waals surface area contributed by atoms with E-state index in [0.717, 1.165) is 0 Å². The number of aromatic nitrogens is 1. The number of nitrogens with zero attached hydrogens (tertiary/aromatic N) is 2. The summed E-state index contributed by atoms with van der Waals surface area (Å²) < 4.78 is 0. The van der Waals surface area contributed by atoms with E-state index >= 15 is 0 Å². The Morgan fingerprint density at radius 2 is 2.33 bits per heavy atom. The van der Waals surface area contributed by atoms with Crippen molar-refractivity contribution in [2.75, 3.05) is 5.32 Å². The molecule has 0 unspecified atom stereocenters. The number of rotatable bonds is 4. The first-order valence-corrected chi connectivity index (χ1v) is 5.68. The molecule has 80 valence electrons. The molecular weight excluding hydrogens is 210 g/mol. The number of nitriles is 1. The Bertz CT molecular complexity index is 363. The molecule has 0 aliphatic rings. The molecule has 0 saturated heterocycles. The highest BCUT2D eigenvalue weighted by atomic mass is 32.1. The summed E-state index contributed by atoms with van der Waals surface area (Å²) in [4.78, 5) is 15.8. The molecule has 1 aromatic rings. The van der Waals surface area contributed by atoms with E-state index in [1.165, 1.54) is 11.3 Å². The van der Waals surface area contributed by atoms with Gasteiger partial charge in [-0.05, 0) is 12.8 Å². The van der Waals surface area contributed by atoms with Gasteiger partial charge in [0.25, 0.3) is 0 Å². The van der Waals surface area contributed by atoms with Crippen LogP contribution in [0.15, 0.2) is 11.6 Å². The van der Waals surface area contributed by atoms with Gasteiger partial charge in [0.05, 0.1) is 6.07 Å². The lowest BCUT2D eigenvalue weighted by atomic mass is 9.83. The van der Waals surface area contributed by atoms with Crippen molar-refractivity contribution in [2.24, 2.45) is 5.41 Å². The maximum absolute atomic E-state index is 11.9. The van der Waals surface area contributed by atoms with Crippen LogP contribution in [0.1, 0.15) is 26.7 Å². The minimum absolute atomic E-state index is 0.259. The Balaban J connectivity index is 2.79. The molecule has 0 radical (unpaired) electrons. The molecule has 0 atom stereocenters. The summed E-state index contributed by atoms with van der Waals surface area (Å²) >= 11 is 1.35. The number of thiazole rings is 1. The predicted octanol–water partition coefficient (Wildman–Crippen LogP) is 2.41. The smallest absolute Gasteiger partial charge is 0.246 e. The molecular formula is C10H13N3OS. The largest absolute Gasteiger partial charge is 0.301 e. The van der Waals surface area contributed by atoms with Crippen LogP contribution in [0.5, 0.6) is 0 Å². The summed E-state index contributed by atoms with van der Waals surface area (Å²) in [7, 11) is 0. The minimum atomic E-state index is -0.925. The Morgan fingerprint density at radius 3 is 2.73 bits per heavy atom. The average Bonchev–Trinajstić information content (AvgIpc) is 2.74. The molecule has 0 fully saturated rings. The lowest BCUT2D eigenvalue weighted by molar-refractivity contribution is -0.123. The highest BCUT2D eigenvalue weighted by Crippen LogP contribution is 2.27. The summed E-state index contributed by atoms with van der Waals surface area (Å²) in [6, 6.07) is 2.09. The Morgan fingerprint density at radius 1 is 1.67 bits per heavy atom. The zero-order valence-corrected chi connectivity index (χ0v) is 9.60. The molecule has 1 amide bonds. The Kier molecular flexibility index (Phi) is 3.81. The fourth-order valence-electron chi connectivity index (χ4n) is 1.28. The SMILES string of the molecule is CCC(C#N)(CC)C(=O)Nc1nccs1. The summed E-state index contributed by atoms with van der Waals surface area (Å²) in [6.07, 6.45) is 2.64. The number of carbonyl (C=O) groups is 1. The van der Waals surface area contributed by atoms with Gasteiger partial charge in [-0.25, -0.2) is 4.98 Å². The lowest BCUT2D eigenvalue weighted by Gasteiger charge is -2.20. The maximum atomic E-state index is 11.9. The van der Waals surface area contributed by atoms with E-state index in [4.69, 9.17) is 5.26 Å². The van der Waals surface area contributed by atoms with Crippen LogP contribution in [0, 0.1) is 16.7 Å². The number of hydrogen-bond donors (Lipinski definition) is 1. The molecule has 4 nitrogen and oxygen atoms in total. The van der Waals surface area contributed by atoms with Gasteiger partial charge in [0.2, 0.25) is 5.91 Å². The number of amides is 1. The second kappa shape index (κ2) is 4.89. The highest BCUT2D eigenvalue weighted by Gasteiger charge is 2.35. The first-order chi connectivity index (χ1) is 7.18. The third-order valence-corrected chi connectivity index (χ3v) is 3.20. The first-order valence-electron chi connectivity index (χ1n) is 4.80. The average molecular weight is 223 g/mol. The topological polar surface area (TPSA) is 65.8 Å². The monoisotopic (exact) mass is 223 g/mol. The summed E-state index contributed by atoms with van der Waals surface area (Å²) in [6.45, 7) is 3.68. The fraction of sp³-hybridized carbons (Fsp3) is 0.500. The maximum Gasteiger partial charge on any atom is 0.246 e. The number of anilines is 1. The van der Waals surface area contributed by atoms with E-state index in [0.29, 0.717) is 18.0 Å². The van der Waals surface area contributed by atoms with Gasteiger partial charge in [0, 0.05) is 11.6 Å².